The molecule has 172 valence electrons. The molecule has 2 aromatic carbocycles. The first-order valence-corrected chi connectivity index (χ1v) is 11.1. The van der Waals surface area contributed by atoms with E-state index in [0.29, 0.717) is 35.9 Å². The topological polar surface area (TPSA) is 133 Å². The Balaban J connectivity index is 1.90. The summed E-state index contributed by atoms with van der Waals surface area (Å²) in [5.41, 5.74) is 2.72. The van der Waals surface area contributed by atoms with Crippen LogP contribution in [0, 0.1) is 10.1 Å². The van der Waals surface area contributed by atoms with E-state index in [0.717, 1.165) is 18.9 Å². The van der Waals surface area contributed by atoms with Crippen molar-refractivity contribution in [3.8, 4) is 17.2 Å². The van der Waals surface area contributed by atoms with E-state index in [1.165, 1.54) is 44.0 Å². The molecule has 1 heterocycles. The summed E-state index contributed by atoms with van der Waals surface area (Å²) in [5.74, 6) is 1.37. The Hall–Kier alpha value is -3.38. The van der Waals surface area contributed by atoms with Crippen LogP contribution < -0.4 is 19.6 Å². The summed E-state index contributed by atoms with van der Waals surface area (Å²) in [6.07, 6.45) is 2.93. The summed E-state index contributed by atoms with van der Waals surface area (Å²) in [6, 6.07) is 6.97. The van der Waals surface area contributed by atoms with Crippen LogP contribution in [0.15, 0.2) is 40.3 Å². The van der Waals surface area contributed by atoms with E-state index in [1.54, 1.807) is 12.1 Å². The maximum absolute atomic E-state index is 12.7. The summed E-state index contributed by atoms with van der Waals surface area (Å²) in [5, 5.41) is 15.6. The zero-order chi connectivity index (χ0) is 23.3. The molecule has 12 heteroatoms. The zero-order valence-corrected chi connectivity index (χ0v) is 18.7. The van der Waals surface area contributed by atoms with E-state index < -0.39 is 20.6 Å². The summed E-state index contributed by atoms with van der Waals surface area (Å²) in [4.78, 5) is 10.8. The Morgan fingerprint density at radius 3 is 2.22 bits per heavy atom. The number of methoxy groups -OCH3 is 3. The molecule has 1 saturated heterocycles. The minimum atomic E-state index is -3.78. The number of sulfonamides is 1. The highest BCUT2D eigenvalue weighted by molar-refractivity contribution is 7.89. The fraction of sp³-hybridized carbons (Fsp3) is 0.350. The summed E-state index contributed by atoms with van der Waals surface area (Å²) >= 11 is 0. The van der Waals surface area contributed by atoms with Gasteiger partial charge in [-0.15, -0.1) is 0 Å². The van der Waals surface area contributed by atoms with Crippen LogP contribution in [0.5, 0.6) is 17.2 Å². The SMILES string of the molecule is COc1cc(OC)c(/C=N\Nc2ccc(S(=O)(=O)N3CCCC3)cc2[N+](=O)[O-])c(OC)c1. The third-order valence-electron chi connectivity index (χ3n) is 5.00. The molecule has 1 aliphatic heterocycles. The van der Waals surface area contributed by atoms with Gasteiger partial charge >= 0.3 is 0 Å². The molecule has 1 aliphatic rings. The molecule has 0 spiro atoms. The Morgan fingerprint density at radius 2 is 1.69 bits per heavy atom. The van der Waals surface area contributed by atoms with E-state index in [4.69, 9.17) is 14.2 Å². The maximum Gasteiger partial charge on any atom is 0.295 e. The molecule has 1 N–H and O–H groups in total. The van der Waals surface area contributed by atoms with Crippen LogP contribution in [0.25, 0.3) is 0 Å². The summed E-state index contributed by atoms with van der Waals surface area (Å²) in [6.45, 7) is 0.817. The number of anilines is 1. The smallest absolute Gasteiger partial charge is 0.295 e. The van der Waals surface area contributed by atoms with Gasteiger partial charge in [-0.2, -0.15) is 9.41 Å². The van der Waals surface area contributed by atoms with Crippen molar-refractivity contribution in [2.45, 2.75) is 17.7 Å². The van der Waals surface area contributed by atoms with Gasteiger partial charge in [-0.1, -0.05) is 0 Å². The molecule has 11 nitrogen and oxygen atoms in total. The Morgan fingerprint density at radius 1 is 1.06 bits per heavy atom. The molecule has 0 aliphatic carbocycles. The van der Waals surface area contributed by atoms with Gasteiger partial charge < -0.3 is 14.2 Å². The van der Waals surface area contributed by atoms with Gasteiger partial charge in [0, 0.05) is 31.3 Å². The number of ether oxygens (including phenoxy) is 3. The minimum absolute atomic E-state index is 0.0399. The van der Waals surface area contributed by atoms with Gasteiger partial charge in [0.1, 0.15) is 22.9 Å². The van der Waals surface area contributed by atoms with Gasteiger partial charge in [0.05, 0.1) is 42.9 Å². The van der Waals surface area contributed by atoms with Crippen molar-refractivity contribution in [2.24, 2.45) is 5.10 Å². The van der Waals surface area contributed by atoms with Crippen LogP contribution in [-0.2, 0) is 10.0 Å². The molecule has 0 unspecified atom stereocenters. The largest absolute Gasteiger partial charge is 0.496 e. The second-order valence-corrected chi connectivity index (χ2v) is 8.80. The van der Waals surface area contributed by atoms with Crippen molar-refractivity contribution in [1.82, 2.24) is 4.31 Å². The number of nitro groups is 1. The average molecular weight is 465 g/mol. The van der Waals surface area contributed by atoms with Gasteiger partial charge in [0.15, 0.2) is 0 Å². The van der Waals surface area contributed by atoms with Crippen LogP contribution in [-0.4, -0.2) is 58.3 Å². The number of benzene rings is 2. The molecule has 1 fully saturated rings. The molecule has 2 aromatic rings. The predicted octanol–water partition coefficient (Wildman–Crippen LogP) is 2.85. The summed E-state index contributed by atoms with van der Waals surface area (Å²) < 4.78 is 42.7. The van der Waals surface area contributed by atoms with Crippen molar-refractivity contribution in [1.29, 1.82) is 0 Å². The molecule has 0 amide bonds. The molecule has 32 heavy (non-hydrogen) atoms. The molecule has 0 saturated carbocycles. The number of nitrogens with zero attached hydrogens (tertiary/aromatic N) is 3. The van der Waals surface area contributed by atoms with Crippen LogP contribution in [0.1, 0.15) is 18.4 Å². The Bertz CT molecular complexity index is 1100. The lowest BCUT2D eigenvalue weighted by Gasteiger charge is -2.15. The number of hydrazone groups is 1. The van der Waals surface area contributed by atoms with Gasteiger partial charge in [0.25, 0.3) is 5.69 Å². The molecular weight excluding hydrogens is 440 g/mol. The van der Waals surface area contributed by atoms with Gasteiger partial charge in [-0.05, 0) is 25.0 Å². The molecule has 0 bridgehead atoms. The minimum Gasteiger partial charge on any atom is -0.496 e. The van der Waals surface area contributed by atoms with E-state index in [9.17, 15) is 18.5 Å². The van der Waals surface area contributed by atoms with Crippen molar-refractivity contribution in [2.75, 3.05) is 39.8 Å². The van der Waals surface area contributed by atoms with E-state index in [1.807, 2.05) is 0 Å². The van der Waals surface area contributed by atoms with Crippen LogP contribution in [0.4, 0.5) is 11.4 Å². The monoisotopic (exact) mass is 464 g/mol. The summed E-state index contributed by atoms with van der Waals surface area (Å²) in [7, 11) is 0.679. The fourth-order valence-corrected chi connectivity index (χ4v) is 4.86. The average Bonchev–Trinajstić information content (AvgIpc) is 3.34. The zero-order valence-electron chi connectivity index (χ0n) is 17.9. The van der Waals surface area contributed by atoms with Crippen LogP contribution in [0.2, 0.25) is 0 Å². The number of hydrogen-bond donors (Lipinski definition) is 1. The first-order valence-electron chi connectivity index (χ1n) is 9.69. The number of rotatable bonds is 9. The van der Waals surface area contributed by atoms with Crippen LogP contribution >= 0.6 is 0 Å². The van der Waals surface area contributed by atoms with E-state index in [-0.39, 0.29) is 10.6 Å². The van der Waals surface area contributed by atoms with Gasteiger partial charge in [-0.3, -0.25) is 15.5 Å². The first-order chi connectivity index (χ1) is 15.3. The lowest BCUT2D eigenvalue weighted by Crippen LogP contribution is -2.27. The standard InChI is InChI=1S/C20H24N4O7S/c1-29-14-10-19(30-2)16(20(11-14)31-3)13-21-22-17-7-6-15(12-18(17)24(25)26)32(27,28)23-8-4-5-9-23/h6-7,10-13,22H,4-5,8-9H2,1-3H3/b21-13-. The normalized spacial score (nSPS) is 14.5. The highest BCUT2D eigenvalue weighted by Gasteiger charge is 2.29. The maximum atomic E-state index is 12.7. The van der Waals surface area contributed by atoms with Gasteiger partial charge in [0.2, 0.25) is 10.0 Å². The molecule has 3 rings (SSSR count). The lowest BCUT2D eigenvalue weighted by atomic mass is 10.2. The second-order valence-electron chi connectivity index (χ2n) is 6.86. The van der Waals surface area contributed by atoms with E-state index >= 15 is 0 Å². The number of hydrogen-bond acceptors (Lipinski definition) is 9. The lowest BCUT2D eigenvalue weighted by molar-refractivity contribution is -0.384. The van der Waals surface area contributed by atoms with Gasteiger partial charge in [-0.25, -0.2) is 8.42 Å². The third-order valence-corrected chi connectivity index (χ3v) is 6.90. The third kappa shape index (κ3) is 4.75. The fourth-order valence-electron chi connectivity index (χ4n) is 3.32. The predicted molar refractivity (Wildman–Crippen MR) is 118 cm³/mol. The highest BCUT2D eigenvalue weighted by atomic mass is 32.2. The molecule has 0 aromatic heterocycles. The van der Waals surface area contributed by atoms with Crippen molar-refractivity contribution in [3.05, 3.63) is 46.0 Å². The molecular formula is C20H24N4O7S. The van der Waals surface area contributed by atoms with E-state index in [2.05, 4.69) is 10.5 Å². The second kappa shape index (κ2) is 9.83. The number of nitro benzene ring substituents is 1. The Labute approximate surface area is 185 Å². The molecule has 0 radical (unpaired) electrons. The highest BCUT2D eigenvalue weighted by Crippen LogP contribution is 2.33. The Kier molecular flexibility index (Phi) is 7.15. The van der Waals surface area contributed by atoms with Crippen LogP contribution in [0.3, 0.4) is 0 Å². The molecule has 0 atom stereocenters. The van der Waals surface area contributed by atoms with Crippen molar-refractivity contribution in [3.63, 3.8) is 0 Å². The number of nitrogens with one attached hydrogen (secondary N) is 1. The quantitative estimate of drug-likeness (QED) is 0.340. The first kappa shape index (κ1) is 23.3. The van der Waals surface area contributed by atoms with Crippen molar-refractivity contribution >= 4 is 27.6 Å². The van der Waals surface area contributed by atoms with Crippen molar-refractivity contribution < 1.29 is 27.6 Å².